The Bertz CT molecular complexity index is 868. The lowest BCUT2D eigenvalue weighted by atomic mass is 9.93. The molecule has 5 rings (SSSR count). The van der Waals surface area contributed by atoms with Gasteiger partial charge in [-0.2, -0.15) is 17.9 Å². The third kappa shape index (κ3) is 5.25. The third-order valence-electron chi connectivity index (χ3n) is 7.56. The van der Waals surface area contributed by atoms with Crippen molar-refractivity contribution >= 4 is 10.2 Å². The molecule has 1 aromatic carbocycles. The lowest BCUT2D eigenvalue weighted by Crippen LogP contribution is -2.51. The predicted octanol–water partition coefficient (Wildman–Crippen LogP) is 1.87. The van der Waals surface area contributed by atoms with Crippen molar-refractivity contribution in [3.8, 4) is 5.75 Å². The van der Waals surface area contributed by atoms with Crippen molar-refractivity contribution in [1.82, 2.24) is 14.3 Å². The molecule has 31 heavy (non-hydrogen) atoms. The highest BCUT2D eigenvalue weighted by atomic mass is 32.2. The molecule has 7 nitrogen and oxygen atoms in total. The van der Waals surface area contributed by atoms with Crippen LogP contribution in [0.1, 0.15) is 43.2 Å². The highest BCUT2D eigenvalue weighted by Gasteiger charge is 2.41. The minimum Gasteiger partial charge on any atom is -0.492 e. The van der Waals surface area contributed by atoms with E-state index in [1.54, 1.807) is 0 Å². The van der Waals surface area contributed by atoms with Crippen molar-refractivity contribution in [2.45, 2.75) is 57.0 Å². The molecule has 2 N–H and O–H groups in total. The van der Waals surface area contributed by atoms with E-state index in [9.17, 15) is 8.42 Å². The van der Waals surface area contributed by atoms with Crippen molar-refractivity contribution in [3.05, 3.63) is 29.3 Å². The molecule has 0 radical (unpaired) electrons. The third-order valence-corrected chi connectivity index (χ3v) is 8.79. The molecule has 3 atom stereocenters. The summed E-state index contributed by atoms with van der Waals surface area (Å²) in [5.41, 5.74) is 2.68. The number of hydrogen-bond acceptors (Lipinski definition) is 5. The summed E-state index contributed by atoms with van der Waals surface area (Å²) in [5.74, 6) is 1.65. The van der Waals surface area contributed by atoms with E-state index >= 15 is 0 Å². The van der Waals surface area contributed by atoms with Crippen LogP contribution >= 0.6 is 0 Å². The number of benzene rings is 1. The summed E-state index contributed by atoms with van der Waals surface area (Å²) in [6.07, 6.45) is 7.07. The van der Waals surface area contributed by atoms with Gasteiger partial charge in [-0.1, -0.05) is 12.5 Å². The molecule has 4 aliphatic rings. The first-order valence-corrected chi connectivity index (χ1v) is 13.4. The van der Waals surface area contributed by atoms with E-state index < -0.39 is 10.2 Å². The summed E-state index contributed by atoms with van der Waals surface area (Å²) in [5, 5.41) is 0. The Balaban J connectivity index is 1.20. The first kappa shape index (κ1) is 21.6. The summed E-state index contributed by atoms with van der Waals surface area (Å²) in [6.45, 7) is 5.17. The van der Waals surface area contributed by atoms with Gasteiger partial charge in [-0.05, 0) is 73.6 Å². The van der Waals surface area contributed by atoms with Crippen molar-refractivity contribution in [1.29, 1.82) is 0 Å². The molecule has 172 valence electrons. The van der Waals surface area contributed by atoms with E-state index in [1.165, 1.54) is 11.1 Å². The molecule has 3 unspecified atom stereocenters. The topological polar surface area (TPSA) is 79.9 Å². The van der Waals surface area contributed by atoms with Gasteiger partial charge in [-0.3, -0.25) is 4.90 Å². The maximum Gasteiger partial charge on any atom is 0.277 e. The van der Waals surface area contributed by atoms with Gasteiger partial charge in [0, 0.05) is 31.7 Å². The van der Waals surface area contributed by atoms with Gasteiger partial charge in [-0.15, -0.1) is 0 Å². The van der Waals surface area contributed by atoms with Crippen LogP contribution < -0.4 is 14.2 Å². The largest absolute Gasteiger partial charge is 0.492 e. The Morgan fingerprint density at radius 2 is 1.74 bits per heavy atom. The molecule has 0 amide bonds. The molecule has 1 aromatic rings. The Kier molecular flexibility index (Phi) is 6.53. The zero-order chi connectivity index (χ0) is 21.3. The van der Waals surface area contributed by atoms with E-state index in [0.29, 0.717) is 18.4 Å². The van der Waals surface area contributed by atoms with E-state index in [1.807, 2.05) is 0 Å². The van der Waals surface area contributed by atoms with Gasteiger partial charge in [-0.25, -0.2) is 0 Å². The van der Waals surface area contributed by atoms with Gasteiger partial charge in [0.2, 0.25) is 0 Å². The van der Waals surface area contributed by atoms with E-state index in [0.717, 1.165) is 83.5 Å². The second-order valence-electron chi connectivity index (χ2n) is 9.63. The molecule has 2 saturated carbocycles. The van der Waals surface area contributed by atoms with E-state index in [4.69, 9.17) is 9.47 Å². The Morgan fingerprint density at radius 1 is 1.00 bits per heavy atom. The highest BCUT2D eigenvalue weighted by molar-refractivity contribution is 7.87. The van der Waals surface area contributed by atoms with Crippen LogP contribution in [0.4, 0.5) is 0 Å². The lowest BCUT2D eigenvalue weighted by molar-refractivity contribution is 0.0322. The molecule has 1 aliphatic heterocycles. The lowest BCUT2D eigenvalue weighted by Gasteiger charge is -2.29. The van der Waals surface area contributed by atoms with Crippen LogP contribution in [0.3, 0.4) is 0 Å². The number of rotatable bonds is 8. The van der Waals surface area contributed by atoms with Gasteiger partial charge < -0.3 is 9.47 Å². The molecular weight excluding hydrogens is 414 g/mol. The smallest absolute Gasteiger partial charge is 0.277 e. The zero-order valence-electron chi connectivity index (χ0n) is 18.2. The monoisotopic (exact) mass is 449 g/mol. The summed E-state index contributed by atoms with van der Waals surface area (Å²) in [7, 11) is -3.44. The molecule has 8 heteroatoms. The van der Waals surface area contributed by atoms with Crippen LogP contribution in [0.2, 0.25) is 0 Å². The van der Waals surface area contributed by atoms with Crippen molar-refractivity contribution in [3.63, 3.8) is 0 Å². The number of hydrogen-bond donors (Lipinski definition) is 2. The number of nitrogens with one attached hydrogen (secondary N) is 2. The number of ether oxygens (including phenoxy) is 2. The van der Waals surface area contributed by atoms with Crippen LogP contribution in [0.5, 0.6) is 5.75 Å². The highest BCUT2D eigenvalue weighted by Crippen LogP contribution is 2.41. The maximum absolute atomic E-state index is 12.7. The SMILES string of the molecule is O=S(=O)(NC1CCC1)NC1C2CCC1Cc1cc(OCCN3CCOCC3)ccc1C2. The molecule has 2 bridgehead atoms. The summed E-state index contributed by atoms with van der Waals surface area (Å²) >= 11 is 0. The first-order valence-electron chi connectivity index (χ1n) is 11.9. The summed E-state index contributed by atoms with van der Waals surface area (Å²) in [4.78, 5) is 2.38. The Hall–Kier alpha value is -1.19. The number of nitrogens with zero attached hydrogens (tertiary/aromatic N) is 1. The molecule has 1 saturated heterocycles. The van der Waals surface area contributed by atoms with Gasteiger partial charge >= 0.3 is 0 Å². The van der Waals surface area contributed by atoms with Crippen LogP contribution in [0.15, 0.2) is 18.2 Å². The van der Waals surface area contributed by atoms with Crippen LogP contribution in [-0.2, 0) is 27.8 Å². The van der Waals surface area contributed by atoms with Gasteiger partial charge in [0.15, 0.2) is 0 Å². The fraction of sp³-hybridized carbons (Fsp3) is 0.739. The normalized spacial score (nSPS) is 29.2. The van der Waals surface area contributed by atoms with Crippen LogP contribution in [0.25, 0.3) is 0 Å². The number of morpholine rings is 1. The van der Waals surface area contributed by atoms with Gasteiger partial charge in [0.1, 0.15) is 12.4 Å². The quantitative estimate of drug-likeness (QED) is 0.633. The van der Waals surface area contributed by atoms with E-state index in [2.05, 4.69) is 32.5 Å². The van der Waals surface area contributed by atoms with Crippen molar-refractivity contribution in [2.75, 3.05) is 39.5 Å². The molecule has 3 fully saturated rings. The van der Waals surface area contributed by atoms with Crippen LogP contribution in [0, 0.1) is 11.8 Å². The predicted molar refractivity (Wildman–Crippen MR) is 119 cm³/mol. The zero-order valence-corrected chi connectivity index (χ0v) is 19.0. The first-order chi connectivity index (χ1) is 15.1. The molecule has 0 aromatic heterocycles. The molecule has 0 spiro atoms. The molecule has 1 heterocycles. The summed E-state index contributed by atoms with van der Waals surface area (Å²) < 4.78 is 42.6. The molecule has 3 aliphatic carbocycles. The minimum atomic E-state index is -3.44. The Morgan fingerprint density at radius 3 is 2.45 bits per heavy atom. The summed E-state index contributed by atoms with van der Waals surface area (Å²) in [6, 6.07) is 6.60. The van der Waals surface area contributed by atoms with Crippen molar-refractivity contribution < 1.29 is 17.9 Å². The fourth-order valence-electron chi connectivity index (χ4n) is 5.54. The fourth-order valence-corrected chi connectivity index (χ4v) is 7.03. The number of fused-ring (bicyclic) bond motifs is 3. The van der Waals surface area contributed by atoms with Gasteiger partial charge in [0.25, 0.3) is 10.2 Å². The second kappa shape index (κ2) is 9.35. The van der Waals surface area contributed by atoms with Crippen molar-refractivity contribution in [2.24, 2.45) is 11.8 Å². The van der Waals surface area contributed by atoms with E-state index in [-0.39, 0.29) is 12.1 Å². The average Bonchev–Trinajstić information content (AvgIpc) is 2.99. The minimum absolute atomic E-state index is 0.0238. The van der Waals surface area contributed by atoms with Crippen LogP contribution in [-0.4, -0.2) is 64.9 Å². The maximum atomic E-state index is 12.7. The average molecular weight is 450 g/mol. The molecular formula is C23H35N3O4S. The second-order valence-corrected chi connectivity index (χ2v) is 11.1. The Labute approximate surface area is 186 Å². The standard InChI is InChI=1S/C23H35N3O4S/c27-31(28,24-21-2-1-3-21)25-23-18-4-5-19(23)15-20-16-22(7-6-17(20)14-18)30-13-10-26-8-11-29-12-9-26/h6-7,16,18-19,21,23-25H,1-5,8-15H2. The van der Waals surface area contributed by atoms with Gasteiger partial charge in [0.05, 0.1) is 13.2 Å².